The topological polar surface area (TPSA) is 273 Å². The van der Waals surface area contributed by atoms with Crippen LogP contribution in [0.1, 0.15) is 6.42 Å². The van der Waals surface area contributed by atoms with Crippen LogP contribution in [0.2, 0.25) is 0 Å². The fraction of sp³-hybridized carbons (Fsp3) is 0.900. The number of ether oxygens (including phenoxy) is 2. The summed E-state index contributed by atoms with van der Waals surface area (Å²) in [7, 11) is 0. The highest BCUT2D eigenvalue weighted by atomic mass is 16.7. The van der Waals surface area contributed by atoms with E-state index in [0.717, 1.165) is 0 Å². The molecule has 0 amide bonds. The van der Waals surface area contributed by atoms with Crippen LogP contribution in [-0.4, -0.2) is 166 Å². The van der Waals surface area contributed by atoms with E-state index in [-0.39, 0.29) is 5.57 Å². The summed E-state index contributed by atoms with van der Waals surface area (Å²) in [6.07, 6.45) is -18.0. The van der Waals surface area contributed by atoms with Gasteiger partial charge in [0.25, 0.3) is 0 Å². The number of rotatable bonds is 7. The maximum Gasteiger partial charge on any atom is 0.187 e. The van der Waals surface area contributed by atoms with Crippen LogP contribution in [0.15, 0.2) is 11.6 Å². The molecule has 204 valence electrons. The Kier molecular flexibility index (Phi) is 9.23. The predicted molar refractivity (Wildman–Crippen MR) is 111 cm³/mol. The van der Waals surface area contributed by atoms with Crippen LogP contribution in [0.25, 0.3) is 0 Å². The largest absolute Gasteiger partial charge is 0.394 e. The van der Waals surface area contributed by atoms with Gasteiger partial charge in [-0.2, -0.15) is 0 Å². The molecule has 0 spiro atoms. The van der Waals surface area contributed by atoms with Gasteiger partial charge in [-0.15, -0.1) is 0 Å². The quantitative estimate of drug-likeness (QED) is 0.141. The van der Waals surface area contributed by atoms with E-state index < -0.39 is 111 Å². The van der Waals surface area contributed by atoms with E-state index in [1.165, 1.54) is 6.08 Å². The van der Waals surface area contributed by atoms with Crippen molar-refractivity contribution in [2.75, 3.05) is 19.8 Å². The molecule has 35 heavy (non-hydrogen) atoms. The van der Waals surface area contributed by atoms with Crippen molar-refractivity contribution in [2.24, 2.45) is 0 Å². The van der Waals surface area contributed by atoms with Crippen LogP contribution >= 0.6 is 0 Å². The van der Waals surface area contributed by atoms with Crippen molar-refractivity contribution in [3.8, 4) is 0 Å². The Morgan fingerprint density at radius 2 is 1.51 bits per heavy atom. The first-order valence-electron chi connectivity index (χ1n) is 11.2. The third kappa shape index (κ3) is 5.40. The first-order valence-corrected chi connectivity index (χ1v) is 11.2. The lowest BCUT2D eigenvalue weighted by Gasteiger charge is -2.50. The molecule has 3 unspecified atom stereocenters. The zero-order chi connectivity index (χ0) is 26.2. The molecule has 1 heterocycles. The van der Waals surface area contributed by atoms with Gasteiger partial charge in [-0.3, -0.25) is 0 Å². The Balaban J connectivity index is 1.79. The highest BCUT2D eigenvalue weighted by molar-refractivity contribution is 5.22. The Bertz CT molecular complexity index is 741. The average molecular weight is 513 g/mol. The van der Waals surface area contributed by atoms with Gasteiger partial charge in [0.15, 0.2) is 6.29 Å². The molecule has 3 aliphatic rings. The number of aliphatic hydroxyl groups is 12. The molecule has 3 rings (SSSR count). The average Bonchev–Trinajstić information content (AvgIpc) is 2.85. The lowest BCUT2D eigenvalue weighted by molar-refractivity contribution is -0.343. The van der Waals surface area contributed by atoms with E-state index in [1.807, 2.05) is 0 Å². The monoisotopic (exact) mass is 513 g/mol. The zero-order valence-electron chi connectivity index (χ0n) is 18.6. The summed E-state index contributed by atoms with van der Waals surface area (Å²) in [6, 6.07) is -2.34. The van der Waals surface area contributed by atoms with Crippen LogP contribution in [0, 0.1) is 0 Å². The van der Waals surface area contributed by atoms with Crippen molar-refractivity contribution in [3.05, 3.63) is 11.6 Å². The van der Waals surface area contributed by atoms with Crippen molar-refractivity contribution >= 4 is 0 Å². The normalized spacial score (nSPS) is 51.2. The Labute approximate surface area is 199 Å². The van der Waals surface area contributed by atoms with Crippen LogP contribution in [-0.2, 0) is 9.47 Å². The van der Waals surface area contributed by atoms with E-state index in [1.54, 1.807) is 0 Å². The van der Waals surface area contributed by atoms with Gasteiger partial charge in [-0.25, -0.2) is 0 Å². The summed E-state index contributed by atoms with van der Waals surface area (Å²) in [5.41, 5.74) is -2.27. The van der Waals surface area contributed by atoms with Crippen molar-refractivity contribution in [1.82, 2.24) is 5.32 Å². The molecule has 0 aromatic rings. The van der Waals surface area contributed by atoms with E-state index >= 15 is 0 Å². The Morgan fingerprint density at radius 1 is 0.857 bits per heavy atom. The van der Waals surface area contributed by atoms with Crippen LogP contribution in [0.5, 0.6) is 0 Å². The lowest BCUT2D eigenvalue weighted by Crippen LogP contribution is -2.71. The minimum atomic E-state index is -2.27. The molecule has 0 aromatic carbocycles. The maximum absolute atomic E-state index is 11.1. The molecule has 15 nitrogen and oxygen atoms in total. The van der Waals surface area contributed by atoms with Gasteiger partial charge < -0.3 is 76.1 Å². The molecule has 2 fully saturated rings. The summed E-state index contributed by atoms with van der Waals surface area (Å²) >= 11 is 0. The minimum absolute atomic E-state index is 0.00704. The molecule has 2 aliphatic carbocycles. The molecule has 1 saturated heterocycles. The second-order valence-electron chi connectivity index (χ2n) is 9.33. The highest BCUT2D eigenvalue weighted by Gasteiger charge is 2.56. The summed E-state index contributed by atoms with van der Waals surface area (Å²) in [4.78, 5) is 0. The van der Waals surface area contributed by atoms with Gasteiger partial charge in [0.05, 0.1) is 32.0 Å². The lowest BCUT2D eigenvalue weighted by atomic mass is 9.75. The zero-order valence-corrected chi connectivity index (χ0v) is 18.6. The smallest absolute Gasteiger partial charge is 0.187 e. The maximum atomic E-state index is 11.1. The molecule has 1 saturated carbocycles. The van der Waals surface area contributed by atoms with Gasteiger partial charge in [0.1, 0.15) is 60.5 Å². The Hall–Kier alpha value is -0.860. The van der Waals surface area contributed by atoms with E-state index in [9.17, 15) is 61.3 Å². The molecular formula is C20H35NO14. The first kappa shape index (κ1) is 28.7. The minimum Gasteiger partial charge on any atom is -0.394 e. The van der Waals surface area contributed by atoms with Gasteiger partial charge >= 0.3 is 0 Å². The first-order chi connectivity index (χ1) is 16.4. The van der Waals surface area contributed by atoms with Gasteiger partial charge in [-0.1, -0.05) is 6.08 Å². The van der Waals surface area contributed by atoms with Crippen molar-refractivity contribution in [3.63, 3.8) is 0 Å². The third-order valence-corrected chi connectivity index (χ3v) is 6.98. The summed E-state index contributed by atoms with van der Waals surface area (Å²) in [5, 5.41) is 124. The van der Waals surface area contributed by atoms with Gasteiger partial charge in [0, 0.05) is 6.04 Å². The van der Waals surface area contributed by atoms with E-state index in [4.69, 9.17) is 9.47 Å². The van der Waals surface area contributed by atoms with Crippen LogP contribution in [0.3, 0.4) is 0 Å². The van der Waals surface area contributed by atoms with Gasteiger partial charge in [-0.05, 0) is 12.0 Å². The number of hydrogen-bond donors (Lipinski definition) is 13. The van der Waals surface area contributed by atoms with Crippen molar-refractivity contribution in [2.45, 2.75) is 91.4 Å². The van der Waals surface area contributed by atoms with E-state index in [2.05, 4.69) is 5.32 Å². The molecule has 15 heteroatoms. The number of aliphatic hydroxyl groups excluding tert-OH is 11. The molecule has 14 atom stereocenters. The van der Waals surface area contributed by atoms with Crippen molar-refractivity contribution in [1.29, 1.82) is 0 Å². The molecule has 1 aliphatic heterocycles. The fourth-order valence-electron chi connectivity index (χ4n) is 4.78. The van der Waals surface area contributed by atoms with Crippen molar-refractivity contribution < 1.29 is 70.8 Å². The Morgan fingerprint density at radius 3 is 2.09 bits per heavy atom. The van der Waals surface area contributed by atoms with Crippen LogP contribution < -0.4 is 5.32 Å². The highest BCUT2D eigenvalue weighted by Crippen LogP contribution is 2.35. The fourth-order valence-corrected chi connectivity index (χ4v) is 4.78. The number of nitrogens with one attached hydrogen (secondary N) is 1. The predicted octanol–water partition coefficient (Wildman–Crippen LogP) is -7.64. The molecule has 0 radical (unpaired) electrons. The van der Waals surface area contributed by atoms with Crippen LogP contribution in [0.4, 0.5) is 0 Å². The molecule has 0 bridgehead atoms. The second-order valence-corrected chi connectivity index (χ2v) is 9.33. The van der Waals surface area contributed by atoms with E-state index in [0.29, 0.717) is 0 Å². The summed E-state index contributed by atoms with van der Waals surface area (Å²) in [6.45, 7) is -2.40. The third-order valence-electron chi connectivity index (χ3n) is 6.98. The van der Waals surface area contributed by atoms with Gasteiger partial charge in [0.2, 0.25) is 0 Å². The number of hydrogen-bond acceptors (Lipinski definition) is 15. The molecular weight excluding hydrogens is 478 g/mol. The second kappa shape index (κ2) is 11.3. The standard InChI is InChI=1S/C20H35NO14/c22-3-6-1-7(11(26)14(29)10(6)25)21-8-2-20(33,5-24)18(16(31)12(8)27)35-19-17(32)15(30)13(28)9(4-23)34-19/h1,7-19,21-33H,2-5H2/t7-,8-,9?,10+,11-,12-,13?,14-,15+,16+,17+,18-,19+,20?/m0/s1. The summed E-state index contributed by atoms with van der Waals surface area (Å²) in [5.74, 6) is 0. The molecule has 13 N–H and O–H groups in total. The molecule has 0 aromatic heterocycles. The summed E-state index contributed by atoms with van der Waals surface area (Å²) < 4.78 is 10.7. The SMILES string of the molecule is OCC1=C[C@H](N[C@H]2CC(O)(CO)[C@@H](O[C@H]3OC(CO)C(O)[C@@H](O)[C@H]3O)[C@H](O)[C@H]2O)[C@H](O)[C@@H](O)[C@@H]1O.